The lowest BCUT2D eigenvalue weighted by atomic mass is 10.1. The van der Waals surface area contributed by atoms with Crippen LogP contribution in [0.25, 0.3) is 6.08 Å². The number of amides is 5. The number of urea groups is 1. The molecule has 1 heterocycles. The summed E-state index contributed by atoms with van der Waals surface area (Å²) < 4.78 is 12.0. The molecule has 3 aromatic rings. The maximum Gasteiger partial charge on any atom is 0.335 e. The molecule has 39 heavy (non-hydrogen) atoms. The summed E-state index contributed by atoms with van der Waals surface area (Å²) in [5.74, 6) is -1.33. The van der Waals surface area contributed by atoms with E-state index in [0.29, 0.717) is 33.8 Å². The first-order chi connectivity index (χ1) is 18.7. The summed E-state index contributed by atoms with van der Waals surface area (Å²) in [6, 6.07) is 16.4. The van der Waals surface area contributed by atoms with Gasteiger partial charge in [0, 0.05) is 5.69 Å². The summed E-state index contributed by atoms with van der Waals surface area (Å²) in [7, 11) is 0. The van der Waals surface area contributed by atoms with Gasteiger partial charge in [0.2, 0.25) is 0 Å². The van der Waals surface area contributed by atoms with Crippen LogP contribution in [0.4, 0.5) is 16.2 Å². The lowest BCUT2D eigenvalue weighted by molar-refractivity contribution is -0.122. The molecule has 1 saturated heterocycles. The molecular weight excluding hydrogens is 566 g/mol. The Balaban J connectivity index is 1.57. The molecular formula is C29H26BrN3O6. The molecule has 3 aromatic carbocycles. The van der Waals surface area contributed by atoms with E-state index in [9.17, 15) is 19.2 Å². The maximum absolute atomic E-state index is 13.1. The molecule has 0 bridgehead atoms. The third kappa shape index (κ3) is 6.35. The van der Waals surface area contributed by atoms with Crippen LogP contribution in [-0.2, 0) is 14.4 Å². The van der Waals surface area contributed by atoms with E-state index in [1.165, 1.54) is 6.08 Å². The van der Waals surface area contributed by atoms with Gasteiger partial charge in [-0.1, -0.05) is 35.9 Å². The Morgan fingerprint density at radius 1 is 1.03 bits per heavy atom. The van der Waals surface area contributed by atoms with Gasteiger partial charge in [0.15, 0.2) is 18.1 Å². The standard InChI is InChI=1S/C29H26BrN3O6/c1-4-38-24-15-19(13-21-27(35)32-29(37)33(28(21)36)20-8-6-5-7-9-20)14-22(30)26(24)39-16-25(34)31-23-11-10-17(2)12-18(23)3/h5-15H,4,16H2,1-3H3,(H,31,34)(H,32,35,37)/b21-13-. The third-order valence-corrected chi connectivity index (χ3v) is 6.35. The van der Waals surface area contributed by atoms with Crippen LogP contribution < -0.4 is 25.0 Å². The topological polar surface area (TPSA) is 114 Å². The number of aryl methyl sites for hydroxylation is 2. The van der Waals surface area contributed by atoms with E-state index >= 15 is 0 Å². The van der Waals surface area contributed by atoms with Crippen LogP contribution >= 0.6 is 15.9 Å². The first kappa shape index (κ1) is 27.6. The van der Waals surface area contributed by atoms with Crippen molar-refractivity contribution in [2.24, 2.45) is 0 Å². The number of imide groups is 2. The minimum Gasteiger partial charge on any atom is -0.490 e. The van der Waals surface area contributed by atoms with Crippen LogP contribution in [0.1, 0.15) is 23.6 Å². The monoisotopic (exact) mass is 591 g/mol. The normalized spacial score (nSPS) is 14.3. The summed E-state index contributed by atoms with van der Waals surface area (Å²) in [4.78, 5) is 51.6. The number of nitrogens with zero attached hydrogens (tertiary/aromatic N) is 1. The summed E-state index contributed by atoms with van der Waals surface area (Å²) in [5, 5.41) is 5.03. The number of barbiturate groups is 1. The number of anilines is 2. The molecule has 0 saturated carbocycles. The van der Waals surface area contributed by atoms with Gasteiger partial charge in [-0.25, -0.2) is 9.69 Å². The Labute approximate surface area is 233 Å². The fraction of sp³-hybridized carbons (Fsp3) is 0.172. The Kier molecular flexibility index (Phi) is 8.46. The number of halogens is 1. The van der Waals surface area contributed by atoms with Gasteiger partial charge in [-0.05, 0) is 84.2 Å². The molecule has 1 aliphatic rings. The largest absolute Gasteiger partial charge is 0.490 e. The summed E-state index contributed by atoms with van der Waals surface area (Å²) in [6.45, 7) is 5.70. The Morgan fingerprint density at radius 3 is 2.46 bits per heavy atom. The van der Waals surface area contributed by atoms with Crippen molar-refractivity contribution in [2.45, 2.75) is 20.8 Å². The highest BCUT2D eigenvalue weighted by atomic mass is 79.9. The predicted octanol–water partition coefficient (Wildman–Crippen LogP) is 5.15. The Bertz CT molecular complexity index is 1490. The van der Waals surface area contributed by atoms with E-state index < -0.39 is 17.8 Å². The van der Waals surface area contributed by atoms with Gasteiger partial charge >= 0.3 is 6.03 Å². The van der Waals surface area contributed by atoms with E-state index in [1.54, 1.807) is 49.4 Å². The van der Waals surface area contributed by atoms with Gasteiger partial charge in [0.25, 0.3) is 17.7 Å². The molecule has 0 spiro atoms. The molecule has 0 aliphatic carbocycles. The van der Waals surface area contributed by atoms with Crippen molar-refractivity contribution < 1.29 is 28.7 Å². The average molecular weight is 592 g/mol. The molecule has 2 N–H and O–H groups in total. The van der Waals surface area contributed by atoms with Gasteiger partial charge in [0.05, 0.1) is 16.8 Å². The summed E-state index contributed by atoms with van der Waals surface area (Å²) in [6.07, 6.45) is 1.37. The van der Waals surface area contributed by atoms with Crippen molar-refractivity contribution in [1.29, 1.82) is 0 Å². The molecule has 4 rings (SSSR count). The number of carbonyl (C=O) groups is 4. The lowest BCUT2D eigenvalue weighted by Gasteiger charge is -2.26. The maximum atomic E-state index is 13.1. The van der Waals surface area contributed by atoms with Gasteiger partial charge in [-0.15, -0.1) is 0 Å². The van der Waals surface area contributed by atoms with Gasteiger partial charge in [0.1, 0.15) is 5.57 Å². The zero-order chi connectivity index (χ0) is 28.1. The molecule has 9 nitrogen and oxygen atoms in total. The molecule has 0 unspecified atom stereocenters. The molecule has 5 amide bonds. The van der Waals surface area contributed by atoms with Gasteiger partial charge in [-0.2, -0.15) is 0 Å². The van der Waals surface area contributed by atoms with Crippen LogP contribution in [0.5, 0.6) is 11.5 Å². The minimum atomic E-state index is -0.826. The second-order valence-electron chi connectivity index (χ2n) is 8.71. The van der Waals surface area contributed by atoms with E-state index in [0.717, 1.165) is 16.0 Å². The number of hydrogen-bond acceptors (Lipinski definition) is 6. The second kappa shape index (κ2) is 12.0. The van der Waals surface area contributed by atoms with Gasteiger partial charge in [-0.3, -0.25) is 19.7 Å². The SMILES string of the molecule is CCOc1cc(/C=C2/C(=O)NC(=O)N(c3ccccc3)C2=O)cc(Br)c1OCC(=O)Nc1ccc(C)cc1C. The van der Waals surface area contributed by atoms with Crippen molar-refractivity contribution in [3.8, 4) is 11.5 Å². The zero-order valence-electron chi connectivity index (χ0n) is 21.5. The highest BCUT2D eigenvalue weighted by Gasteiger charge is 2.36. The molecule has 1 aliphatic heterocycles. The molecule has 0 aromatic heterocycles. The summed E-state index contributed by atoms with van der Waals surface area (Å²) in [5.41, 5.74) is 3.27. The molecule has 1 fully saturated rings. The minimum absolute atomic E-state index is 0.227. The van der Waals surface area contributed by atoms with Crippen molar-refractivity contribution in [1.82, 2.24) is 5.32 Å². The number of nitrogens with one attached hydrogen (secondary N) is 2. The quantitative estimate of drug-likeness (QED) is 0.277. The second-order valence-corrected chi connectivity index (χ2v) is 9.57. The number of hydrogen-bond donors (Lipinski definition) is 2. The number of rotatable bonds is 8. The highest BCUT2D eigenvalue weighted by Crippen LogP contribution is 2.38. The van der Waals surface area contributed by atoms with Crippen molar-refractivity contribution in [3.63, 3.8) is 0 Å². The molecule has 0 atom stereocenters. The van der Waals surface area contributed by atoms with Crippen LogP contribution in [0, 0.1) is 13.8 Å². The van der Waals surface area contributed by atoms with E-state index in [2.05, 4.69) is 26.6 Å². The van der Waals surface area contributed by atoms with E-state index in [1.807, 2.05) is 32.0 Å². The van der Waals surface area contributed by atoms with Crippen molar-refractivity contribution in [2.75, 3.05) is 23.4 Å². The van der Waals surface area contributed by atoms with E-state index in [-0.39, 0.29) is 23.8 Å². The van der Waals surface area contributed by atoms with Crippen LogP contribution in [0.3, 0.4) is 0 Å². The van der Waals surface area contributed by atoms with Crippen LogP contribution in [-0.4, -0.2) is 37.0 Å². The predicted molar refractivity (Wildman–Crippen MR) is 151 cm³/mol. The Hall–Kier alpha value is -4.44. The molecule has 10 heteroatoms. The Morgan fingerprint density at radius 2 is 1.77 bits per heavy atom. The lowest BCUT2D eigenvalue weighted by Crippen LogP contribution is -2.54. The molecule has 0 radical (unpaired) electrons. The number of carbonyl (C=O) groups excluding carboxylic acids is 4. The zero-order valence-corrected chi connectivity index (χ0v) is 23.1. The van der Waals surface area contributed by atoms with Crippen LogP contribution in [0.15, 0.2) is 70.7 Å². The third-order valence-electron chi connectivity index (χ3n) is 5.76. The first-order valence-corrected chi connectivity index (χ1v) is 12.9. The average Bonchev–Trinajstić information content (AvgIpc) is 2.88. The number of benzene rings is 3. The number of para-hydroxylation sites is 1. The fourth-order valence-corrected chi connectivity index (χ4v) is 4.56. The fourth-order valence-electron chi connectivity index (χ4n) is 3.99. The first-order valence-electron chi connectivity index (χ1n) is 12.1. The smallest absolute Gasteiger partial charge is 0.335 e. The summed E-state index contributed by atoms with van der Waals surface area (Å²) >= 11 is 3.44. The van der Waals surface area contributed by atoms with Gasteiger partial charge < -0.3 is 14.8 Å². The van der Waals surface area contributed by atoms with Crippen LogP contribution in [0.2, 0.25) is 0 Å². The number of ether oxygens (including phenoxy) is 2. The highest BCUT2D eigenvalue weighted by molar-refractivity contribution is 9.10. The molecule has 200 valence electrons. The van der Waals surface area contributed by atoms with Crippen molar-refractivity contribution >= 4 is 57.1 Å². The van der Waals surface area contributed by atoms with E-state index in [4.69, 9.17) is 9.47 Å². The van der Waals surface area contributed by atoms with Crippen molar-refractivity contribution in [3.05, 3.63) is 87.4 Å².